The largest absolute Gasteiger partial charge is 0.508 e. The molecule has 1 aliphatic carbocycles. The molecule has 2 aromatic heterocycles. The number of rotatable bonds is 14. The number of nitrogens with one attached hydrogen (secondary N) is 2. The number of pyridine rings is 2. The maximum atomic E-state index is 14.2. The second kappa shape index (κ2) is 17.1. The Kier molecular flexibility index (Phi) is 11.6. The molecule has 322 valence electrons. The van der Waals surface area contributed by atoms with Gasteiger partial charge in [-0.15, -0.1) is 0 Å². The van der Waals surface area contributed by atoms with Gasteiger partial charge >= 0.3 is 18.0 Å². The van der Waals surface area contributed by atoms with Crippen LogP contribution in [0.1, 0.15) is 92.7 Å². The Hall–Kier alpha value is -6.54. The predicted octanol–water partition coefficient (Wildman–Crippen LogP) is 6.08. The highest BCUT2D eigenvalue weighted by Crippen LogP contribution is 2.45. The quantitative estimate of drug-likeness (QED) is 0.0563. The molecule has 3 aromatic carbocycles. The summed E-state index contributed by atoms with van der Waals surface area (Å²) in [6, 6.07) is 20.7. The molecule has 0 spiro atoms. The Balaban J connectivity index is 0.893. The molecule has 3 aliphatic rings. The summed E-state index contributed by atoms with van der Waals surface area (Å²) in [4.78, 5) is 72.9. The van der Waals surface area contributed by atoms with E-state index in [1.165, 1.54) is 0 Å². The van der Waals surface area contributed by atoms with Gasteiger partial charge in [0.1, 0.15) is 25.0 Å². The lowest BCUT2D eigenvalue weighted by Gasteiger charge is -2.37. The van der Waals surface area contributed by atoms with Gasteiger partial charge in [0, 0.05) is 29.0 Å². The number of nitrogens with two attached hydrogens (primary N) is 1. The molecule has 2 amide bonds. The number of aromatic nitrogens is 2. The standard InChI is InChI=1S/C48H51N5O9/c1-5-28-33-21-27(54)18-19-39(33)51-42-34(28)23-53-40(42)22-37-36(44(53)56)25-60-46(58)48(37,6-2)62-45(57)41(26(3)4)52-43(55)38(49)17-11-12-20-50-47(59)61-24-35-31-15-9-7-13-29(31)30-14-8-10-16-32(30)35/h7-10,13-16,18-19,21-22,26,35,38,41,54H,5-6,11-12,17,20,23-25,49H2,1-4H3,(H,50,59)(H,52,55)/t38-,41-,48-/m0/s1. The summed E-state index contributed by atoms with van der Waals surface area (Å²) in [5, 5.41) is 16.5. The zero-order valence-electron chi connectivity index (χ0n) is 35.3. The highest BCUT2D eigenvalue weighted by Gasteiger charge is 2.51. The first kappa shape index (κ1) is 42.2. The van der Waals surface area contributed by atoms with Gasteiger partial charge in [-0.25, -0.2) is 19.4 Å². The molecule has 8 rings (SSSR count). The third-order valence-corrected chi connectivity index (χ3v) is 12.5. The second-order valence-electron chi connectivity index (χ2n) is 16.5. The minimum absolute atomic E-state index is 0.0483. The molecular formula is C48H51N5O9. The molecule has 14 nitrogen and oxygen atoms in total. The minimum atomic E-state index is -1.97. The molecule has 0 saturated carbocycles. The van der Waals surface area contributed by atoms with Crippen molar-refractivity contribution >= 4 is 34.8 Å². The van der Waals surface area contributed by atoms with Crippen LogP contribution in [-0.4, -0.2) is 63.8 Å². The van der Waals surface area contributed by atoms with E-state index in [0.29, 0.717) is 42.7 Å². The number of cyclic esters (lactones) is 1. The van der Waals surface area contributed by atoms with E-state index < -0.39 is 47.5 Å². The van der Waals surface area contributed by atoms with E-state index in [2.05, 4.69) is 34.9 Å². The van der Waals surface area contributed by atoms with Gasteiger partial charge in [-0.1, -0.05) is 76.2 Å². The Morgan fingerprint density at radius 1 is 0.984 bits per heavy atom. The van der Waals surface area contributed by atoms with Crippen molar-refractivity contribution in [2.45, 2.75) is 96.6 Å². The van der Waals surface area contributed by atoms with Crippen LogP contribution in [0, 0.1) is 5.92 Å². The fraction of sp³-hybridized carbons (Fsp3) is 0.375. The third-order valence-electron chi connectivity index (χ3n) is 12.5. The summed E-state index contributed by atoms with van der Waals surface area (Å²) in [7, 11) is 0. The smallest absolute Gasteiger partial charge is 0.407 e. The number of phenolic OH excluding ortho intramolecular Hbond substituents is 1. The van der Waals surface area contributed by atoms with Gasteiger partial charge < -0.3 is 40.3 Å². The van der Waals surface area contributed by atoms with Crippen LogP contribution < -0.4 is 21.9 Å². The van der Waals surface area contributed by atoms with Crippen LogP contribution >= 0.6 is 0 Å². The van der Waals surface area contributed by atoms with E-state index in [4.69, 9.17) is 24.9 Å². The lowest BCUT2D eigenvalue weighted by molar-refractivity contribution is -0.191. The van der Waals surface area contributed by atoms with Crippen molar-refractivity contribution in [2.75, 3.05) is 13.2 Å². The van der Waals surface area contributed by atoms with Gasteiger partial charge in [0.2, 0.25) is 11.5 Å². The van der Waals surface area contributed by atoms with Crippen LogP contribution in [-0.2, 0) is 53.8 Å². The SMILES string of the molecule is CCc1c2c(nc3ccc(O)cc13)-c1cc3c(c(=O)n1C2)COC(=O)[C@@]3(CC)OC(=O)[C@@H](NC(=O)[C@@H](N)CCCCNC(=O)OCC1c2ccccc2-c2ccccc21)C(C)C. The number of benzene rings is 3. The van der Waals surface area contributed by atoms with Crippen molar-refractivity contribution in [3.05, 3.63) is 117 Å². The highest BCUT2D eigenvalue weighted by atomic mass is 16.6. The van der Waals surface area contributed by atoms with Gasteiger partial charge in [-0.2, -0.15) is 0 Å². The number of hydrogen-bond acceptors (Lipinski definition) is 11. The number of phenols is 1. The van der Waals surface area contributed by atoms with Gasteiger partial charge in [-0.3, -0.25) is 9.59 Å². The van der Waals surface area contributed by atoms with Gasteiger partial charge in [0.25, 0.3) is 5.56 Å². The molecule has 14 heteroatoms. The second-order valence-corrected chi connectivity index (χ2v) is 16.5. The van der Waals surface area contributed by atoms with Crippen molar-refractivity contribution in [1.29, 1.82) is 0 Å². The number of esters is 2. The lowest BCUT2D eigenvalue weighted by atomic mass is 9.85. The molecule has 2 aliphatic heterocycles. The normalized spacial score (nSPS) is 17.0. The molecule has 5 N–H and O–H groups in total. The molecule has 4 heterocycles. The van der Waals surface area contributed by atoms with Gasteiger partial charge in [0.05, 0.1) is 35.1 Å². The van der Waals surface area contributed by atoms with E-state index in [-0.39, 0.29) is 61.0 Å². The van der Waals surface area contributed by atoms with E-state index in [9.17, 15) is 29.1 Å². The van der Waals surface area contributed by atoms with E-state index >= 15 is 0 Å². The first-order chi connectivity index (χ1) is 29.9. The molecular weight excluding hydrogens is 791 g/mol. The average molecular weight is 842 g/mol. The fourth-order valence-electron chi connectivity index (χ4n) is 9.16. The first-order valence-electron chi connectivity index (χ1n) is 21.3. The topological polar surface area (TPSA) is 201 Å². The minimum Gasteiger partial charge on any atom is -0.508 e. The van der Waals surface area contributed by atoms with Gasteiger partial charge in [0.15, 0.2) is 0 Å². The first-order valence-corrected chi connectivity index (χ1v) is 21.3. The van der Waals surface area contributed by atoms with Gasteiger partial charge in [-0.05, 0) is 90.1 Å². The summed E-state index contributed by atoms with van der Waals surface area (Å²) >= 11 is 0. The fourth-order valence-corrected chi connectivity index (χ4v) is 9.16. The zero-order valence-corrected chi connectivity index (χ0v) is 35.3. The lowest BCUT2D eigenvalue weighted by Crippen LogP contribution is -2.54. The molecule has 3 atom stereocenters. The van der Waals surface area contributed by atoms with Crippen LogP contribution in [0.15, 0.2) is 77.6 Å². The van der Waals surface area contributed by atoms with Crippen LogP contribution in [0.3, 0.4) is 0 Å². The maximum absolute atomic E-state index is 14.2. The van der Waals surface area contributed by atoms with Crippen LogP contribution in [0.25, 0.3) is 33.4 Å². The number of aryl methyl sites for hydroxylation is 1. The van der Waals surface area contributed by atoms with Crippen molar-refractivity contribution < 1.29 is 38.5 Å². The molecule has 0 saturated heterocycles. The molecule has 5 aromatic rings. The molecule has 0 unspecified atom stereocenters. The summed E-state index contributed by atoms with van der Waals surface area (Å²) in [6.45, 7) is 7.58. The number of carbonyl (C=O) groups excluding carboxylic acids is 4. The zero-order chi connectivity index (χ0) is 43.9. The summed E-state index contributed by atoms with van der Waals surface area (Å²) in [5.74, 6) is -2.68. The monoisotopic (exact) mass is 841 g/mol. The number of alkyl carbamates (subject to hydrolysis) is 1. The Labute approximate surface area is 358 Å². The van der Waals surface area contributed by atoms with Crippen molar-refractivity contribution in [3.63, 3.8) is 0 Å². The number of amides is 2. The van der Waals surface area contributed by atoms with E-state index in [1.807, 2.05) is 31.2 Å². The van der Waals surface area contributed by atoms with Crippen molar-refractivity contribution in [1.82, 2.24) is 20.2 Å². The number of carbonyl (C=O) groups is 4. The van der Waals surface area contributed by atoms with Crippen LogP contribution in [0.5, 0.6) is 5.75 Å². The Morgan fingerprint density at radius 2 is 1.69 bits per heavy atom. The number of ether oxygens (including phenoxy) is 3. The Bertz CT molecular complexity index is 2630. The third kappa shape index (κ3) is 7.46. The van der Waals surface area contributed by atoms with E-state index in [1.54, 1.807) is 49.6 Å². The predicted molar refractivity (Wildman–Crippen MR) is 231 cm³/mol. The summed E-state index contributed by atoms with van der Waals surface area (Å²) in [5.41, 5.74) is 12.4. The number of aromatic hydroxyl groups is 1. The number of fused-ring (bicyclic) bond motifs is 8. The number of nitrogens with zero attached hydrogens (tertiary/aromatic N) is 2. The molecule has 62 heavy (non-hydrogen) atoms. The number of hydrogen-bond donors (Lipinski definition) is 4. The van der Waals surface area contributed by atoms with Crippen molar-refractivity contribution in [2.24, 2.45) is 11.7 Å². The van der Waals surface area contributed by atoms with Crippen LogP contribution in [0.2, 0.25) is 0 Å². The summed E-state index contributed by atoms with van der Waals surface area (Å²) in [6.07, 6.45) is 1.36. The Morgan fingerprint density at radius 3 is 2.37 bits per heavy atom. The molecule has 0 radical (unpaired) electrons. The molecule has 0 bridgehead atoms. The van der Waals surface area contributed by atoms with E-state index in [0.717, 1.165) is 38.8 Å². The summed E-state index contributed by atoms with van der Waals surface area (Å²) < 4.78 is 18.9. The maximum Gasteiger partial charge on any atom is 0.407 e. The van der Waals surface area contributed by atoms with Crippen molar-refractivity contribution in [3.8, 4) is 28.3 Å². The average Bonchev–Trinajstić information content (AvgIpc) is 3.80. The highest BCUT2D eigenvalue weighted by molar-refractivity contribution is 5.92. The molecule has 0 fully saturated rings. The van der Waals surface area contributed by atoms with Crippen LogP contribution in [0.4, 0.5) is 4.79 Å². The number of unbranched alkanes of at least 4 members (excludes halogenated alkanes) is 1.